The number of rotatable bonds is 7. The highest BCUT2D eigenvalue weighted by atomic mass is 32.1. The van der Waals surface area contributed by atoms with Gasteiger partial charge in [-0.3, -0.25) is 4.79 Å². The average molecular weight is 495 g/mol. The van der Waals surface area contributed by atoms with Crippen LogP contribution < -0.4 is 14.4 Å². The maximum absolute atomic E-state index is 13.1. The summed E-state index contributed by atoms with van der Waals surface area (Å²) in [7, 11) is 0. The van der Waals surface area contributed by atoms with Crippen LogP contribution >= 0.6 is 22.7 Å². The van der Waals surface area contributed by atoms with E-state index in [9.17, 15) is 9.59 Å². The summed E-state index contributed by atoms with van der Waals surface area (Å²) >= 11 is 2.76. The number of fused-ring (bicyclic) bond motifs is 1. The first-order valence-corrected chi connectivity index (χ1v) is 12.1. The van der Waals surface area contributed by atoms with Gasteiger partial charge in [-0.05, 0) is 29.6 Å². The SMILES string of the molecule is O=C(OCC(=O)N(Cc1cccs1)c1ccc2c(c1)OCCO2)c1csc(-c2ncccn2)n1. The lowest BCUT2D eigenvalue weighted by Gasteiger charge is -2.25. The molecule has 0 radical (unpaired) electrons. The number of ether oxygens (including phenoxy) is 3. The van der Waals surface area contributed by atoms with Gasteiger partial charge in [-0.1, -0.05) is 6.07 Å². The van der Waals surface area contributed by atoms with Crippen molar-refractivity contribution in [1.29, 1.82) is 0 Å². The molecule has 1 aromatic carbocycles. The molecule has 0 saturated heterocycles. The van der Waals surface area contributed by atoms with E-state index in [1.54, 1.807) is 46.9 Å². The van der Waals surface area contributed by atoms with E-state index in [1.807, 2.05) is 17.5 Å². The van der Waals surface area contributed by atoms with Crippen molar-refractivity contribution in [3.8, 4) is 22.3 Å². The van der Waals surface area contributed by atoms with Crippen molar-refractivity contribution in [2.24, 2.45) is 0 Å². The Hall–Kier alpha value is -3.83. The normalized spacial score (nSPS) is 12.2. The van der Waals surface area contributed by atoms with Gasteiger partial charge in [0.15, 0.2) is 34.6 Å². The molecule has 0 unspecified atom stereocenters. The lowest BCUT2D eigenvalue weighted by Crippen LogP contribution is -2.34. The molecule has 11 heteroatoms. The van der Waals surface area contributed by atoms with E-state index in [1.165, 1.54) is 22.7 Å². The van der Waals surface area contributed by atoms with Crippen LogP contribution in [0.4, 0.5) is 5.69 Å². The van der Waals surface area contributed by atoms with Crippen LogP contribution in [-0.4, -0.2) is 46.6 Å². The lowest BCUT2D eigenvalue weighted by molar-refractivity contribution is -0.121. The lowest BCUT2D eigenvalue weighted by atomic mass is 10.2. The molecule has 9 nitrogen and oxygen atoms in total. The minimum atomic E-state index is -0.690. The summed E-state index contributed by atoms with van der Waals surface area (Å²) < 4.78 is 16.5. The number of amides is 1. The Morgan fingerprint density at radius 1 is 1.03 bits per heavy atom. The topological polar surface area (TPSA) is 104 Å². The maximum Gasteiger partial charge on any atom is 0.358 e. The number of carbonyl (C=O) groups is 2. The Balaban J connectivity index is 1.30. The van der Waals surface area contributed by atoms with E-state index >= 15 is 0 Å². The molecule has 4 aromatic rings. The fourth-order valence-electron chi connectivity index (χ4n) is 3.24. The van der Waals surface area contributed by atoms with Gasteiger partial charge in [0, 0.05) is 34.4 Å². The number of benzene rings is 1. The van der Waals surface area contributed by atoms with Gasteiger partial charge in [-0.15, -0.1) is 22.7 Å². The molecular formula is C23H18N4O5S2. The highest BCUT2D eigenvalue weighted by Crippen LogP contribution is 2.34. The number of nitrogens with zero attached hydrogens (tertiary/aromatic N) is 4. The van der Waals surface area contributed by atoms with E-state index in [0.717, 1.165) is 4.88 Å². The fraction of sp³-hybridized carbons (Fsp3) is 0.174. The summed E-state index contributed by atoms with van der Waals surface area (Å²) in [5.41, 5.74) is 0.722. The van der Waals surface area contributed by atoms with Crippen LogP contribution in [0.15, 0.2) is 59.6 Å². The highest BCUT2D eigenvalue weighted by Gasteiger charge is 2.23. The zero-order valence-corrected chi connectivity index (χ0v) is 19.4. The standard InChI is InChI=1S/C23H18N4O5S2/c28-20(13-32-23(29)17-14-34-22(26-17)21-24-6-2-7-25-21)27(12-16-3-1-10-33-16)15-4-5-18-19(11-15)31-9-8-30-18/h1-7,10-11,14H,8-9,12-13H2. The molecule has 1 aliphatic heterocycles. The zero-order chi connectivity index (χ0) is 23.3. The Morgan fingerprint density at radius 3 is 2.65 bits per heavy atom. The minimum Gasteiger partial charge on any atom is -0.486 e. The number of thiazole rings is 1. The summed E-state index contributed by atoms with van der Waals surface area (Å²) in [5, 5.41) is 4.00. The number of aromatic nitrogens is 3. The molecule has 0 N–H and O–H groups in total. The van der Waals surface area contributed by atoms with Crippen molar-refractivity contribution >= 4 is 40.2 Å². The van der Waals surface area contributed by atoms with Crippen molar-refractivity contribution in [2.75, 3.05) is 24.7 Å². The van der Waals surface area contributed by atoms with Crippen LogP contribution in [-0.2, 0) is 16.1 Å². The maximum atomic E-state index is 13.1. The van der Waals surface area contributed by atoms with E-state index in [-0.39, 0.29) is 11.6 Å². The predicted molar refractivity (Wildman–Crippen MR) is 126 cm³/mol. The molecule has 0 bridgehead atoms. The third-order valence-corrected chi connectivity index (χ3v) is 6.53. The molecule has 1 aliphatic rings. The molecule has 0 aliphatic carbocycles. The van der Waals surface area contributed by atoms with Gasteiger partial charge in [0.1, 0.15) is 13.2 Å². The van der Waals surface area contributed by atoms with E-state index < -0.39 is 12.6 Å². The molecule has 172 valence electrons. The van der Waals surface area contributed by atoms with Crippen molar-refractivity contribution < 1.29 is 23.8 Å². The molecule has 5 rings (SSSR count). The Bertz CT molecular complexity index is 1290. The van der Waals surface area contributed by atoms with Crippen LogP contribution in [0.5, 0.6) is 11.5 Å². The van der Waals surface area contributed by atoms with E-state index in [4.69, 9.17) is 14.2 Å². The first-order valence-electron chi connectivity index (χ1n) is 10.3. The van der Waals surface area contributed by atoms with Gasteiger partial charge in [-0.25, -0.2) is 19.7 Å². The van der Waals surface area contributed by atoms with Crippen LogP contribution in [0.3, 0.4) is 0 Å². The first-order chi connectivity index (χ1) is 16.7. The van der Waals surface area contributed by atoms with Crippen molar-refractivity contribution in [3.05, 3.63) is 70.1 Å². The summed E-state index contributed by atoms with van der Waals surface area (Å²) in [4.78, 5) is 40.7. The summed E-state index contributed by atoms with van der Waals surface area (Å²) in [6.07, 6.45) is 3.20. The number of hydrogen-bond donors (Lipinski definition) is 0. The molecule has 34 heavy (non-hydrogen) atoms. The second kappa shape index (κ2) is 9.98. The van der Waals surface area contributed by atoms with Crippen LogP contribution in [0.25, 0.3) is 10.8 Å². The third kappa shape index (κ3) is 4.90. The van der Waals surface area contributed by atoms with Gasteiger partial charge in [-0.2, -0.15) is 0 Å². The fourth-order valence-corrected chi connectivity index (χ4v) is 4.67. The molecule has 0 spiro atoms. The number of esters is 1. The Labute approximate surface area is 202 Å². The first kappa shape index (κ1) is 22.0. The van der Waals surface area contributed by atoms with Crippen LogP contribution in [0.1, 0.15) is 15.4 Å². The summed E-state index contributed by atoms with van der Waals surface area (Å²) in [6, 6.07) is 10.9. The monoisotopic (exact) mass is 494 g/mol. The van der Waals surface area contributed by atoms with E-state index in [2.05, 4.69) is 15.0 Å². The molecule has 0 saturated carbocycles. The molecule has 0 fully saturated rings. The number of thiophene rings is 1. The molecule has 4 heterocycles. The molecule has 0 atom stereocenters. The number of carbonyl (C=O) groups excluding carboxylic acids is 2. The number of hydrogen-bond acceptors (Lipinski definition) is 10. The van der Waals surface area contributed by atoms with Gasteiger partial charge >= 0.3 is 5.97 Å². The van der Waals surface area contributed by atoms with E-state index in [0.29, 0.717) is 47.8 Å². The largest absolute Gasteiger partial charge is 0.486 e. The third-order valence-electron chi connectivity index (χ3n) is 4.83. The van der Waals surface area contributed by atoms with Gasteiger partial charge in [0.2, 0.25) is 0 Å². The van der Waals surface area contributed by atoms with Crippen molar-refractivity contribution in [3.63, 3.8) is 0 Å². The Morgan fingerprint density at radius 2 is 1.85 bits per heavy atom. The smallest absolute Gasteiger partial charge is 0.358 e. The molecule has 3 aromatic heterocycles. The highest BCUT2D eigenvalue weighted by molar-refractivity contribution is 7.13. The summed E-state index contributed by atoms with van der Waals surface area (Å²) in [5.74, 6) is 0.559. The van der Waals surface area contributed by atoms with Gasteiger partial charge in [0.25, 0.3) is 5.91 Å². The van der Waals surface area contributed by atoms with Gasteiger partial charge in [0.05, 0.1) is 6.54 Å². The molecular weight excluding hydrogens is 476 g/mol. The van der Waals surface area contributed by atoms with Crippen LogP contribution in [0.2, 0.25) is 0 Å². The average Bonchev–Trinajstić information content (AvgIpc) is 3.58. The minimum absolute atomic E-state index is 0.101. The van der Waals surface area contributed by atoms with Crippen molar-refractivity contribution in [2.45, 2.75) is 6.54 Å². The predicted octanol–water partition coefficient (Wildman–Crippen LogP) is 3.82. The van der Waals surface area contributed by atoms with Crippen molar-refractivity contribution in [1.82, 2.24) is 15.0 Å². The Kier molecular flexibility index (Phi) is 6.45. The second-order valence-electron chi connectivity index (χ2n) is 7.07. The number of anilines is 1. The van der Waals surface area contributed by atoms with Gasteiger partial charge < -0.3 is 19.1 Å². The quantitative estimate of drug-likeness (QED) is 0.357. The summed E-state index contributed by atoms with van der Waals surface area (Å²) in [6.45, 7) is 0.818. The molecule has 1 amide bonds. The van der Waals surface area contributed by atoms with Crippen LogP contribution in [0, 0.1) is 0 Å². The second-order valence-corrected chi connectivity index (χ2v) is 8.96. The zero-order valence-electron chi connectivity index (χ0n) is 17.7.